The lowest BCUT2D eigenvalue weighted by molar-refractivity contribution is 0.321. The number of anilines is 1. The van der Waals surface area contributed by atoms with Gasteiger partial charge in [-0.15, -0.1) is 11.3 Å². The van der Waals surface area contributed by atoms with E-state index in [-0.39, 0.29) is 0 Å². The number of rotatable bonds is 5. The van der Waals surface area contributed by atoms with Gasteiger partial charge in [-0.2, -0.15) is 0 Å². The third-order valence-electron chi connectivity index (χ3n) is 3.73. The number of nitrogens with one attached hydrogen (secondary N) is 1. The summed E-state index contributed by atoms with van der Waals surface area (Å²) in [5.41, 5.74) is 1.17. The van der Waals surface area contributed by atoms with Crippen molar-refractivity contribution in [3.8, 4) is 0 Å². The number of aromatic nitrogens is 1. The molecule has 1 aliphatic rings. The monoisotopic (exact) mass is 253 g/mol. The summed E-state index contributed by atoms with van der Waals surface area (Å²) in [5, 5.41) is 4.46. The minimum atomic E-state index is 0.401. The molecule has 96 valence electrons. The molecule has 1 unspecified atom stereocenters. The molecule has 0 bridgehead atoms. The molecule has 0 radical (unpaired) electrons. The zero-order chi connectivity index (χ0) is 12.4. The van der Waals surface area contributed by atoms with Gasteiger partial charge < -0.3 is 10.2 Å². The Balaban J connectivity index is 2.04. The maximum Gasteiger partial charge on any atom is 0.185 e. The van der Waals surface area contributed by atoms with Crippen molar-refractivity contribution in [3.05, 3.63) is 10.6 Å². The summed E-state index contributed by atoms with van der Waals surface area (Å²) < 4.78 is 0. The fourth-order valence-electron chi connectivity index (χ4n) is 2.23. The van der Waals surface area contributed by atoms with Crippen LogP contribution in [-0.2, 0) is 0 Å². The lowest BCUT2D eigenvalue weighted by atomic mass is 9.85. The highest BCUT2D eigenvalue weighted by Gasteiger charge is 2.21. The van der Waals surface area contributed by atoms with Gasteiger partial charge >= 0.3 is 0 Å². The maximum atomic E-state index is 4.70. The van der Waals surface area contributed by atoms with Crippen molar-refractivity contribution in [3.63, 3.8) is 0 Å². The van der Waals surface area contributed by atoms with Gasteiger partial charge in [0.25, 0.3) is 0 Å². The lowest BCUT2D eigenvalue weighted by Gasteiger charge is -2.29. The second-order valence-corrected chi connectivity index (χ2v) is 6.14. The summed E-state index contributed by atoms with van der Waals surface area (Å²) in [5.74, 6) is 0.898. The molecule has 0 aromatic carbocycles. The van der Waals surface area contributed by atoms with E-state index in [4.69, 9.17) is 4.98 Å². The van der Waals surface area contributed by atoms with Crippen LogP contribution in [0.5, 0.6) is 0 Å². The van der Waals surface area contributed by atoms with Gasteiger partial charge in [0.1, 0.15) is 0 Å². The minimum absolute atomic E-state index is 0.401. The van der Waals surface area contributed by atoms with E-state index in [2.05, 4.69) is 31.1 Å². The standard InChI is InChI=1S/C13H23N3S/c1-9(14-3)12-10(2)15-13(17-12)16(4)8-11-6-5-7-11/h9,11,14H,5-8H2,1-4H3. The van der Waals surface area contributed by atoms with Gasteiger partial charge in [0.15, 0.2) is 5.13 Å². The molecule has 0 saturated heterocycles. The van der Waals surface area contributed by atoms with Crippen LogP contribution in [0.15, 0.2) is 0 Å². The molecule has 1 saturated carbocycles. The highest BCUT2D eigenvalue weighted by Crippen LogP contribution is 2.33. The Kier molecular flexibility index (Phi) is 4.05. The molecule has 2 rings (SSSR count). The van der Waals surface area contributed by atoms with Crippen molar-refractivity contribution in [1.29, 1.82) is 0 Å². The fraction of sp³-hybridized carbons (Fsp3) is 0.769. The molecule has 0 spiro atoms. The van der Waals surface area contributed by atoms with Gasteiger partial charge in [0, 0.05) is 24.5 Å². The van der Waals surface area contributed by atoms with Crippen LogP contribution in [0.2, 0.25) is 0 Å². The molecule has 4 heteroatoms. The smallest absolute Gasteiger partial charge is 0.185 e. The lowest BCUT2D eigenvalue weighted by Crippen LogP contribution is -2.29. The normalized spacial score (nSPS) is 17.9. The zero-order valence-electron chi connectivity index (χ0n) is 11.3. The van der Waals surface area contributed by atoms with Crippen molar-refractivity contribution in [2.45, 2.75) is 39.2 Å². The van der Waals surface area contributed by atoms with Gasteiger partial charge in [-0.05, 0) is 39.7 Å². The summed E-state index contributed by atoms with van der Waals surface area (Å²) >= 11 is 1.83. The van der Waals surface area contributed by atoms with E-state index in [1.807, 2.05) is 18.4 Å². The van der Waals surface area contributed by atoms with Crippen molar-refractivity contribution in [2.24, 2.45) is 5.92 Å². The Morgan fingerprint density at radius 2 is 2.24 bits per heavy atom. The first-order valence-corrected chi connectivity index (χ1v) is 7.29. The Morgan fingerprint density at radius 1 is 1.53 bits per heavy atom. The van der Waals surface area contributed by atoms with Crippen LogP contribution in [0.3, 0.4) is 0 Å². The molecule has 0 amide bonds. The predicted molar refractivity (Wildman–Crippen MR) is 74.9 cm³/mol. The van der Waals surface area contributed by atoms with Crippen LogP contribution in [0.4, 0.5) is 5.13 Å². The zero-order valence-corrected chi connectivity index (χ0v) is 12.1. The summed E-state index contributed by atoms with van der Waals surface area (Å²) in [6, 6.07) is 0.401. The first-order valence-electron chi connectivity index (χ1n) is 6.47. The third kappa shape index (κ3) is 2.80. The molecule has 1 N–H and O–H groups in total. The second kappa shape index (κ2) is 5.36. The molecule has 3 nitrogen and oxygen atoms in total. The molecule has 1 aromatic rings. The number of hydrogen-bond acceptors (Lipinski definition) is 4. The Labute approximate surface area is 108 Å². The van der Waals surface area contributed by atoms with Crippen LogP contribution in [-0.4, -0.2) is 25.6 Å². The number of hydrogen-bond donors (Lipinski definition) is 1. The van der Waals surface area contributed by atoms with Gasteiger partial charge in [-0.3, -0.25) is 0 Å². The van der Waals surface area contributed by atoms with Crippen molar-refractivity contribution in [2.75, 3.05) is 25.5 Å². The first kappa shape index (κ1) is 12.8. The summed E-state index contributed by atoms with van der Waals surface area (Å²) in [6.45, 7) is 5.47. The van der Waals surface area contributed by atoms with Crippen LogP contribution < -0.4 is 10.2 Å². The summed E-state index contributed by atoms with van der Waals surface area (Å²) in [7, 11) is 4.17. The van der Waals surface area contributed by atoms with Crippen LogP contribution in [0.1, 0.15) is 42.8 Å². The quantitative estimate of drug-likeness (QED) is 0.874. The Bertz CT molecular complexity index is 371. The molecule has 1 aliphatic carbocycles. The molecule has 1 atom stereocenters. The van der Waals surface area contributed by atoms with Crippen molar-refractivity contribution in [1.82, 2.24) is 10.3 Å². The predicted octanol–water partition coefficient (Wildman–Crippen LogP) is 2.97. The van der Waals surface area contributed by atoms with E-state index in [0.29, 0.717) is 6.04 Å². The molecule has 0 aliphatic heterocycles. The van der Waals surface area contributed by atoms with Crippen molar-refractivity contribution >= 4 is 16.5 Å². The fourth-order valence-corrected chi connectivity index (χ4v) is 3.33. The number of thiazole rings is 1. The molecule has 1 fully saturated rings. The van der Waals surface area contributed by atoms with Gasteiger partial charge in [0.05, 0.1) is 5.69 Å². The molecular formula is C13H23N3S. The maximum absolute atomic E-state index is 4.70. The van der Waals surface area contributed by atoms with E-state index in [0.717, 1.165) is 5.92 Å². The highest BCUT2D eigenvalue weighted by molar-refractivity contribution is 7.15. The molecule has 1 aromatic heterocycles. The summed E-state index contributed by atoms with van der Waals surface area (Å²) in [4.78, 5) is 8.39. The van der Waals surface area contributed by atoms with E-state index >= 15 is 0 Å². The second-order valence-electron chi connectivity index (χ2n) is 5.13. The molecular weight excluding hydrogens is 230 g/mol. The SMILES string of the molecule is CNC(C)c1sc(N(C)CC2CCC2)nc1C. The van der Waals surface area contributed by atoms with Gasteiger partial charge in [0.2, 0.25) is 0 Å². The third-order valence-corrected chi connectivity index (χ3v) is 5.19. The van der Waals surface area contributed by atoms with E-state index < -0.39 is 0 Å². The minimum Gasteiger partial charge on any atom is -0.351 e. The average molecular weight is 253 g/mol. The van der Waals surface area contributed by atoms with E-state index in [1.165, 1.54) is 41.5 Å². The average Bonchev–Trinajstić information content (AvgIpc) is 2.64. The van der Waals surface area contributed by atoms with Gasteiger partial charge in [-0.25, -0.2) is 4.98 Å². The molecule has 1 heterocycles. The first-order chi connectivity index (χ1) is 8.11. The number of aryl methyl sites for hydroxylation is 1. The van der Waals surface area contributed by atoms with E-state index in [9.17, 15) is 0 Å². The van der Waals surface area contributed by atoms with Gasteiger partial charge in [-0.1, -0.05) is 6.42 Å². The summed E-state index contributed by atoms with van der Waals surface area (Å²) in [6.07, 6.45) is 4.21. The van der Waals surface area contributed by atoms with Crippen LogP contribution in [0.25, 0.3) is 0 Å². The van der Waals surface area contributed by atoms with Crippen LogP contribution >= 0.6 is 11.3 Å². The Hall–Kier alpha value is -0.610. The van der Waals surface area contributed by atoms with Crippen molar-refractivity contribution < 1.29 is 0 Å². The topological polar surface area (TPSA) is 28.2 Å². The van der Waals surface area contributed by atoms with E-state index in [1.54, 1.807) is 0 Å². The number of nitrogens with zero attached hydrogens (tertiary/aromatic N) is 2. The van der Waals surface area contributed by atoms with Crippen LogP contribution in [0, 0.1) is 12.8 Å². The highest BCUT2D eigenvalue weighted by atomic mass is 32.1. The largest absolute Gasteiger partial charge is 0.351 e. The molecule has 17 heavy (non-hydrogen) atoms. The Morgan fingerprint density at radius 3 is 2.76 bits per heavy atom.